The van der Waals surface area contributed by atoms with Crippen LogP contribution in [0.4, 0.5) is 0 Å². The van der Waals surface area contributed by atoms with E-state index in [4.69, 9.17) is 0 Å². The molecule has 5 nitrogen and oxygen atoms in total. The number of nitrogens with zero attached hydrogens (tertiary/aromatic N) is 4. The highest BCUT2D eigenvalue weighted by molar-refractivity contribution is 7.25. The van der Waals surface area contributed by atoms with Crippen LogP contribution < -0.4 is 5.56 Å². The molecule has 0 saturated carbocycles. The van der Waals surface area contributed by atoms with E-state index in [9.17, 15) is 4.79 Å². The molecule has 0 radical (unpaired) electrons. The van der Waals surface area contributed by atoms with E-state index in [-0.39, 0.29) is 5.56 Å². The Kier molecular flexibility index (Phi) is 3.69. The standard InChI is InChI=1S/C19H16N4OS/c1-11-9-12(2)21-18-15(11)16-17(25-18)19(24)23(13(3)22-16)20-10-14-7-5-4-6-8-14/h4-10H,1-3H3. The Morgan fingerprint density at radius 2 is 1.88 bits per heavy atom. The predicted octanol–water partition coefficient (Wildman–Crippen LogP) is 3.81. The van der Waals surface area contributed by atoms with Crippen LogP contribution in [-0.2, 0) is 0 Å². The Morgan fingerprint density at radius 1 is 1.12 bits per heavy atom. The lowest BCUT2D eigenvalue weighted by atomic mass is 10.1. The number of pyridine rings is 1. The molecule has 0 unspecified atom stereocenters. The number of hydrogen-bond donors (Lipinski definition) is 0. The van der Waals surface area contributed by atoms with Crippen molar-refractivity contribution in [3.05, 3.63) is 69.4 Å². The average Bonchev–Trinajstić information content (AvgIpc) is 2.94. The molecule has 0 bridgehead atoms. The van der Waals surface area contributed by atoms with Crippen LogP contribution in [0.1, 0.15) is 22.6 Å². The number of thiophene rings is 1. The lowest BCUT2D eigenvalue weighted by Gasteiger charge is -2.03. The molecule has 0 aliphatic carbocycles. The quantitative estimate of drug-likeness (QED) is 0.518. The lowest BCUT2D eigenvalue weighted by molar-refractivity contribution is 0.773. The van der Waals surface area contributed by atoms with Gasteiger partial charge < -0.3 is 0 Å². The van der Waals surface area contributed by atoms with Crippen LogP contribution in [0.25, 0.3) is 20.4 Å². The summed E-state index contributed by atoms with van der Waals surface area (Å²) in [6.45, 7) is 5.78. The van der Waals surface area contributed by atoms with Crippen molar-refractivity contribution in [2.75, 3.05) is 0 Å². The van der Waals surface area contributed by atoms with Crippen molar-refractivity contribution in [3.8, 4) is 0 Å². The Labute approximate surface area is 148 Å². The van der Waals surface area contributed by atoms with E-state index in [2.05, 4.69) is 15.1 Å². The van der Waals surface area contributed by atoms with E-state index in [1.807, 2.05) is 50.2 Å². The second-order valence-electron chi connectivity index (χ2n) is 5.97. The second-order valence-corrected chi connectivity index (χ2v) is 6.97. The third-order valence-electron chi connectivity index (χ3n) is 4.05. The van der Waals surface area contributed by atoms with Crippen LogP contribution in [0.3, 0.4) is 0 Å². The van der Waals surface area contributed by atoms with Crippen molar-refractivity contribution in [1.29, 1.82) is 0 Å². The maximum atomic E-state index is 12.9. The summed E-state index contributed by atoms with van der Waals surface area (Å²) in [5, 5.41) is 5.30. The minimum atomic E-state index is -0.158. The summed E-state index contributed by atoms with van der Waals surface area (Å²) in [5.41, 5.74) is 3.52. The minimum absolute atomic E-state index is 0.158. The minimum Gasteiger partial charge on any atom is -0.266 e. The molecule has 0 amide bonds. The van der Waals surface area contributed by atoms with Gasteiger partial charge in [0.15, 0.2) is 0 Å². The smallest absolute Gasteiger partial charge is 0.266 e. The van der Waals surface area contributed by atoms with Gasteiger partial charge in [0.25, 0.3) is 5.56 Å². The molecule has 4 rings (SSSR count). The van der Waals surface area contributed by atoms with Gasteiger partial charge in [0.05, 0.1) is 11.7 Å². The van der Waals surface area contributed by atoms with Crippen LogP contribution >= 0.6 is 11.3 Å². The molecule has 124 valence electrons. The fraction of sp³-hybridized carbons (Fsp3) is 0.158. The van der Waals surface area contributed by atoms with Crippen LogP contribution in [0, 0.1) is 20.8 Å². The molecule has 3 heterocycles. The predicted molar refractivity (Wildman–Crippen MR) is 103 cm³/mol. The van der Waals surface area contributed by atoms with Crippen molar-refractivity contribution in [2.45, 2.75) is 20.8 Å². The van der Waals surface area contributed by atoms with Gasteiger partial charge in [0, 0.05) is 11.1 Å². The Bertz CT molecular complexity index is 1190. The number of rotatable bonds is 2. The first kappa shape index (κ1) is 15.7. The van der Waals surface area contributed by atoms with Crippen molar-refractivity contribution in [1.82, 2.24) is 14.6 Å². The van der Waals surface area contributed by atoms with Gasteiger partial charge in [-0.2, -0.15) is 9.78 Å². The molecule has 0 aliphatic rings. The normalized spacial score (nSPS) is 11.8. The first-order chi connectivity index (χ1) is 12.0. The molecule has 6 heteroatoms. The van der Waals surface area contributed by atoms with Crippen LogP contribution in [0.5, 0.6) is 0 Å². The summed E-state index contributed by atoms with van der Waals surface area (Å²) in [4.78, 5) is 23.0. The van der Waals surface area contributed by atoms with Gasteiger partial charge in [-0.25, -0.2) is 9.97 Å². The third kappa shape index (κ3) is 2.64. The van der Waals surface area contributed by atoms with Crippen molar-refractivity contribution >= 4 is 38.0 Å². The highest BCUT2D eigenvalue weighted by Crippen LogP contribution is 2.32. The molecular weight excluding hydrogens is 332 g/mol. The van der Waals surface area contributed by atoms with E-state index in [0.717, 1.165) is 32.6 Å². The Balaban J connectivity index is 1.96. The number of aromatic nitrogens is 3. The molecule has 0 atom stereocenters. The molecule has 4 aromatic rings. The number of benzene rings is 1. The summed E-state index contributed by atoms with van der Waals surface area (Å²) < 4.78 is 1.94. The number of hydrogen-bond acceptors (Lipinski definition) is 5. The van der Waals surface area contributed by atoms with Crippen molar-refractivity contribution in [3.63, 3.8) is 0 Å². The molecule has 25 heavy (non-hydrogen) atoms. The maximum Gasteiger partial charge on any atom is 0.292 e. The summed E-state index contributed by atoms with van der Waals surface area (Å²) in [6.07, 6.45) is 1.67. The zero-order valence-corrected chi connectivity index (χ0v) is 15.0. The summed E-state index contributed by atoms with van der Waals surface area (Å²) in [7, 11) is 0. The van der Waals surface area contributed by atoms with Crippen LogP contribution in [0.15, 0.2) is 46.3 Å². The zero-order valence-electron chi connectivity index (χ0n) is 14.1. The first-order valence-electron chi connectivity index (χ1n) is 7.94. The van der Waals surface area contributed by atoms with E-state index in [0.29, 0.717) is 10.5 Å². The van der Waals surface area contributed by atoms with Gasteiger partial charge in [-0.3, -0.25) is 4.79 Å². The molecular formula is C19H16N4OS. The molecule has 0 fully saturated rings. The Morgan fingerprint density at radius 3 is 2.64 bits per heavy atom. The van der Waals surface area contributed by atoms with Crippen molar-refractivity contribution in [2.24, 2.45) is 5.10 Å². The van der Waals surface area contributed by atoms with Gasteiger partial charge in [-0.05, 0) is 38.0 Å². The fourth-order valence-corrected chi connectivity index (χ4v) is 4.09. The Hall–Kier alpha value is -2.86. The largest absolute Gasteiger partial charge is 0.292 e. The van der Waals surface area contributed by atoms with Crippen LogP contribution in [-0.4, -0.2) is 20.9 Å². The van der Waals surface area contributed by atoms with E-state index >= 15 is 0 Å². The van der Waals surface area contributed by atoms with E-state index < -0.39 is 0 Å². The summed E-state index contributed by atoms with van der Waals surface area (Å²) in [6, 6.07) is 11.7. The molecule has 0 aliphatic heterocycles. The lowest BCUT2D eigenvalue weighted by Crippen LogP contribution is -2.19. The molecule has 3 aromatic heterocycles. The zero-order chi connectivity index (χ0) is 17.6. The molecule has 0 N–H and O–H groups in total. The monoisotopic (exact) mass is 348 g/mol. The topological polar surface area (TPSA) is 60.1 Å². The second kappa shape index (κ2) is 5.89. The van der Waals surface area contributed by atoms with E-state index in [1.54, 1.807) is 13.1 Å². The van der Waals surface area contributed by atoms with Gasteiger partial charge in [-0.1, -0.05) is 30.3 Å². The third-order valence-corrected chi connectivity index (χ3v) is 5.11. The highest BCUT2D eigenvalue weighted by atomic mass is 32.1. The SMILES string of the molecule is Cc1cc(C)c2c(n1)sc1c(=O)n(N=Cc3ccccc3)c(C)nc12. The molecule has 0 spiro atoms. The fourth-order valence-electron chi connectivity index (χ4n) is 2.93. The molecule has 1 aromatic carbocycles. The number of aryl methyl sites for hydroxylation is 3. The van der Waals surface area contributed by atoms with E-state index in [1.165, 1.54) is 16.0 Å². The molecule has 0 saturated heterocycles. The van der Waals surface area contributed by atoms with Gasteiger partial charge in [-0.15, -0.1) is 11.3 Å². The summed E-state index contributed by atoms with van der Waals surface area (Å²) in [5.74, 6) is 0.560. The average molecular weight is 348 g/mol. The maximum absolute atomic E-state index is 12.9. The highest BCUT2D eigenvalue weighted by Gasteiger charge is 2.16. The first-order valence-corrected chi connectivity index (χ1v) is 8.76. The van der Waals surface area contributed by atoms with Crippen LogP contribution in [0.2, 0.25) is 0 Å². The van der Waals surface area contributed by atoms with Gasteiger partial charge in [0.2, 0.25) is 0 Å². The van der Waals surface area contributed by atoms with Gasteiger partial charge in [0.1, 0.15) is 15.4 Å². The van der Waals surface area contributed by atoms with Crippen molar-refractivity contribution < 1.29 is 0 Å². The number of fused-ring (bicyclic) bond motifs is 3. The van der Waals surface area contributed by atoms with Gasteiger partial charge >= 0.3 is 0 Å². The summed E-state index contributed by atoms with van der Waals surface area (Å²) >= 11 is 1.38.